The minimum atomic E-state index is -0.529. The third-order valence-corrected chi connectivity index (χ3v) is 6.63. The summed E-state index contributed by atoms with van der Waals surface area (Å²) in [6, 6.07) is 3.62. The number of benzene rings is 1. The second-order valence-corrected chi connectivity index (χ2v) is 10.5. The van der Waals surface area contributed by atoms with E-state index < -0.39 is 5.60 Å². The molecule has 0 radical (unpaired) electrons. The number of hydrogen-bond acceptors (Lipinski definition) is 7. The predicted molar refractivity (Wildman–Crippen MR) is 133 cm³/mol. The van der Waals surface area contributed by atoms with Crippen molar-refractivity contribution < 1.29 is 18.7 Å². The number of amides is 1. The second kappa shape index (κ2) is 8.70. The summed E-state index contributed by atoms with van der Waals surface area (Å²) in [5.74, 6) is 1.67. The van der Waals surface area contributed by atoms with Crippen LogP contribution < -0.4 is 15.4 Å². The molecule has 9 heteroatoms. The van der Waals surface area contributed by atoms with Gasteiger partial charge in [0.15, 0.2) is 5.82 Å². The molecule has 2 aromatic rings. The van der Waals surface area contributed by atoms with Crippen LogP contribution in [0.3, 0.4) is 0 Å². The fourth-order valence-corrected chi connectivity index (χ4v) is 5.13. The largest absolute Gasteiger partial charge is 0.492 e. The first-order chi connectivity index (χ1) is 16.6. The number of nitrogens with one attached hydrogen (secondary N) is 2. The lowest BCUT2D eigenvalue weighted by molar-refractivity contribution is 0.0285. The third-order valence-electron chi connectivity index (χ3n) is 6.63. The number of rotatable bonds is 4. The maximum absolute atomic E-state index is 16.0. The molecule has 0 saturated carbocycles. The van der Waals surface area contributed by atoms with Gasteiger partial charge < -0.3 is 25.0 Å². The van der Waals surface area contributed by atoms with Crippen LogP contribution in [0, 0.1) is 24.6 Å². The number of hydrogen-bond donors (Lipinski definition) is 2. The minimum absolute atomic E-state index is 0.170. The highest BCUT2D eigenvalue weighted by atomic mass is 19.1. The number of carbonyl (C=O) groups excluding carboxylic acids is 1. The lowest BCUT2D eigenvalue weighted by Gasteiger charge is -2.25. The lowest BCUT2D eigenvalue weighted by atomic mass is 9.96. The van der Waals surface area contributed by atoms with Crippen molar-refractivity contribution in [1.82, 2.24) is 14.9 Å². The second-order valence-electron chi connectivity index (χ2n) is 10.5. The summed E-state index contributed by atoms with van der Waals surface area (Å²) in [6.07, 6.45) is 3.23. The molecular formula is C26H32FN5O3. The number of likely N-dealkylation sites (tertiary alicyclic amines) is 1. The van der Waals surface area contributed by atoms with Crippen molar-refractivity contribution in [2.24, 2.45) is 11.8 Å². The van der Waals surface area contributed by atoms with E-state index in [4.69, 9.17) is 9.47 Å². The van der Waals surface area contributed by atoms with E-state index in [1.165, 1.54) is 0 Å². The molecule has 1 fully saturated rings. The fourth-order valence-electron chi connectivity index (χ4n) is 5.13. The Kier molecular flexibility index (Phi) is 5.81. The van der Waals surface area contributed by atoms with Gasteiger partial charge >= 0.3 is 6.09 Å². The van der Waals surface area contributed by atoms with Crippen LogP contribution in [0.5, 0.6) is 5.75 Å². The molecule has 8 nitrogen and oxygen atoms in total. The van der Waals surface area contributed by atoms with E-state index in [2.05, 4.69) is 26.7 Å². The van der Waals surface area contributed by atoms with Gasteiger partial charge in [0.1, 0.15) is 17.2 Å². The van der Waals surface area contributed by atoms with Gasteiger partial charge in [0.2, 0.25) is 5.95 Å². The molecule has 1 aromatic carbocycles. The quantitative estimate of drug-likeness (QED) is 0.641. The van der Waals surface area contributed by atoms with Crippen molar-refractivity contribution in [1.29, 1.82) is 0 Å². The minimum Gasteiger partial charge on any atom is -0.492 e. The molecule has 3 heterocycles. The number of ether oxygens (including phenoxy) is 2. The summed E-state index contributed by atoms with van der Waals surface area (Å²) in [5, 5.41) is 6.09. The smallest absolute Gasteiger partial charge is 0.410 e. The molecule has 2 aliphatic heterocycles. The van der Waals surface area contributed by atoms with E-state index in [1.54, 1.807) is 18.0 Å². The monoisotopic (exact) mass is 481 g/mol. The number of aryl methyl sites for hydroxylation is 1. The van der Waals surface area contributed by atoms with Crippen molar-refractivity contribution in [3.63, 3.8) is 0 Å². The third kappa shape index (κ3) is 4.63. The first kappa shape index (κ1) is 23.4. The zero-order valence-electron chi connectivity index (χ0n) is 20.9. The molecular weight excluding hydrogens is 449 g/mol. The van der Waals surface area contributed by atoms with Crippen molar-refractivity contribution in [3.05, 3.63) is 40.8 Å². The Balaban J connectivity index is 1.42. The van der Waals surface area contributed by atoms with Crippen LogP contribution >= 0.6 is 0 Å². The normalized spacial score (nSPS) is 20.7. The van der Waals surface area contributed by atoms with Crippen LogP contribution in [-0.4, -0.2) is 53.3 Å². The summed E-state index contributed by atoms with van der Waals surface area (Å²) < 4.78 is 27.4. The van der Waals surface area contributed by atoms with Gasteiger partial charge in [0, 0.05) is 43.9 Å². The van der Waals surface area contributed by atoms with E-state index in [0.717, 1.165) is 23.3 Å². The standard InChI is InChI=1S/C26H32FN5O3/c1-14-8-20(28-5)31-24(29-14)30-19-11-15-6-7-34-23(15)21(22(19)27)16-9-17-12-32(13-18(17)10-16)25(33)35-26(2,3)4/h8-9,11,17-18H,6-7,10,12-13H2,1-5H3,(H2,28,29,30,31)/t17-,18+/m1/s1. The Bertz CT molecular complexity index is 1210. The molecule has 0 unspecified atom stereocenters. The van der Waals surface area contributed by atoms with Crippen LogP contribution in [0.1, 0.15) is 44.0 Å². The van der Waals surface area contributed by atoms with E-state index in [0.29, 0.717) is 54.9 Å². The molecule has 1 aliphatic carbocycles. The van der Waals surface area contributed by atoms with E-state index in [1.807, 2.05) is 33.8 Å². The Morgan fingerprint density at radius 2 is 2.06 bits per heavy atom. The van der Waals surface area contributed by atoms with Gasteiger partial charge in [-0.05, 0) is 57.6 Å². The molecule has 2 N–H and O–H groups in total. The van der Waals surface area contributed by atoms with Crippen molar-refractivity contribution in [2.45, 2.75) is 46.1 Å². The molecule has 1 aromatic heterocycles. The van der Waals surface area contributed by atoms with Gasteiger partial charge in [-0.1, -0.05) is 6.08 Å². The summed E-state index contributed by atoms with van der Waals surface area (Å²) in [4.78, 5) is 23.1. The van der Waals surface area contributed by atoms with Gasteiger partial charge in [-0.15, -0.1) is 0 Å². The van der Waals surface area contributed by atoms with Gasteiger partial charge in [-0.25, -0.2) is 14.2 Å². The first-order valence-electron chi connectivity index (χ1n) is 12.1. The number of nitrogens with zero attached hydrogens (tertiary/aromatic N) is 3. The molecule has 5 rings (SSSR count). The molecule has 1 saturated heterocycles. The average Bonchev–Trinajstić information content (AvgIpc) is 3.47. The van der Waals surface area contributed by atoms with Gasteiger partial charge in [0.05, 0.1) is 17.9 Å². The van der Waals surface area contributed by atoms with Gasteiger partial charge in [-0.3, -0.25) is 0 Å². The highest BCUT2D eigenvalue weighted by Crippen LogP contribution is 2.48. The van der Waals surface area contributed by atoms with E-state index in [9.17, 15) is 4.79 Å². The van der Waals surface area contributed by atoms with Crippen LogP contribution in [0.15, 0.2) is 18.2 Å². The Morgan fingerprint density at radius 3 is 2.77 bits per heavy atom. The molecule has 0 spiro atoms. The molecule has 1 amide bonds. The summed E-state index contributed by atoms with van der Waals surface area (Å²) >= 11 is 0. The summed E-state index contributed by atoms with van der Waals surface area (Å²) in [5.41, 5.74) is 3.01. The Morgan fingerprint density at radius 1 is 1.26 bits per heavy atom. The predicted octanol–water partition coefficient (Wildman–Crippen LogP) is 4.91. The van der Waals surface area contributed by atoms with Crippen LogP contribution in [0.25, 0.3) is 5.57 Å². The van der Waals surface area contributed by atoms with E-state index in [-0.39, 0.29) is 23.7 Å². The van der Waals surface area contributed by atoms with Gasteiger partial charge in [0.25, 0.3) is 0 Å². The number of allylic oxidation sites excluding steroid dienone is 1. The molecule has 186 valence electrons. The Hall–Kier alpha value is -3.36. The zero-order valence-corrected chi connectivity index (χ0v) is 20.9. The van der Waals surface area contributed by atoms with Crippen molar-refractivity contribution in [3.8, 4) is 5.75 Å². The topological polar surface area (TPSA) is 88.6 Å². The highest BCUT2D eigenvalue weighted by Gasteiger charge is 2.41. The molecule has 2 atom stereocenters. The SMILES string of the molecule is CNc1cc(C)nc(Nc2cc3c(c(C4=C[C@@H]5CN(C(=O)OC(C)(C)C)C[C@@H]5C4)c2F)OCC3)n1. The summed E-state index contributed by atoms with van der Waals surface area (Å²) in [6.45, 7) is 9.18. The lowest BCUT2D eigenvalue weighted by Crippen LogP contribution is -2.35. The maximum Gasteiger partial charge on any atom is 0.410 e. The van der Waals surface area contributed by atoms with Crippen molar-refractivity contribution >= 4 is 29.1 Å². The molecule has 3 aliphatic rings. The van der Waals surface area contributed by atoms with Crippen LogP contribution in [0.4, 0.5) is 26.6 Å². The van der Waals surface area contributed by atoms with Crippen LogP contribution in [0.2, 0.25) is 0 Å². The Labute approximate surface area is 204 Å². The molecule has 0 bridgehead atoms. The maximum atomic E-state index is 16.0. The first-order valence-corrected chi connectivity index (χ1v) is 12.1. The highest BCUT2D eigenvalue weighted by molar-refractivity contribution is 5.80. The number of halogens is 1. The zero-order chi connectivity index (χ0) is 24.9. The van der Waals surface area contributed by atoms with Crippen molar-refractivity contribution in [2.75, 3.05) is 37.4 Å². The van der Waals surface area contributed by atoms with Gasteiger partial charge in [-0.2, -0.15) is 4.98 Å². The number of aromatic nitrogens is 2. The van der Waals surface area contributed by atoms with Crippen LogP contribution in [-0.2, 0) is 11.2 Å². The summed E-state index contributed by atoms with van der Waals surface area (Å²) in [7, 11) is 1.78. The number of carbonyl (C=O) groups is 1. The number of fused-ring (bicyclic) bond motifs is 2. The fraction of sp³-hybridized carbons (Fsp3) is 0.500. The average molecular weight is 482 g/mol. The number of anilines is 3. The molecule has 35 heavy (non-hydrogen) atoms. The van der Waals surface area contributed by atoms with E-state index >= 15 is 4.39 Å².